The van der Waals surface area contributed by atoms with E-state index >= 15 is 0 Å². The van der Waals surface area contributed by atoms with Crippen molar-refractivity contribution >= 4 is 29.9 Å². The zero-order valence-corrected chi connectivity index (χ0v) is 22.3. The van der Waals surface area contributed by atoms with Gasteiger partial charge in [0.25, 0.3) is 0 Å². The average Bonchev–Trinajstić information content (AvgIpc) is 3.21. The summed E-state index contributed by atoms with van der Waals surface area (Å²) in [5, 5.41) is 21.3. The lowest BCUT2D eigenvalue weighted by Gasteiger charge is -2.23. The number of aryl methyl sites for hydroxylation is 1. The first-order chi connectivity index (χ1) is 14.9. The largest absolute Gasteiger partial charge is 0.492 e. The van der Waals surface area contributed by atoms with E-state index in [0.29, 0.717) is 25.7 Å². The quantitative estimate of drug-likeness (QED) is 0.211. The van der Waals surface area contributed by atoms with Crippen molar-refractivity contribution < 1.29 is 9.84 Å². The molecule has 1 atom stereocenters. The highest BCUT2D eigenvalue weighted by atomic mass is 127. The van der Waals surface area contributed by atoms with Crippen molar-refractivity contribution in [2.24, 2.45) is 12.0 Å². The molecular formula is C23H39IN6O2. The number of aromatic nitrogens is 2. The van der Waals surface area contributed by atoms with E-state index in [1.54, 1.807) is 17.8 Å². The lowest BCUT2D eigenvalue weighted by atomic mass is 10.00. The third kappa shape index (κ3) is 9.33. The van der Waals surface area contributed by atoms with Crippen LogP contribution in [0.2, 0.25) is 0 Å². The Bertz CT molecular complexity index is 803. The summed E-state index contributed by atoms with van der Waals surface area (Å²) < 4.78 is 7.52. The Balaban J connectivity index is 0.00000512. The normalized spacial score (nSPS) is 13.4. The van der Waals surface area contributed by atoms with Gasteiger partial charge in [0.05, 0.1) is 19.3 Å². The van der Waals surface area contributed by atoms with E-state index in [-0.39, 0.29) is 24.0 Å². The summed E-state index contributed by atoms with van der Waals surface area (Å²) in [7, 11) is 1.83. The van der Waals surface area contributed by atoms with Crippen LogP contribution in [0.5, 0.6) is 5.75 Å². The molecule has 1 heterocycles. The third-order valence-electron chi connectivity index (χ3n) is 5.18. The molecule has 0 aliphatic carbocycles. The van der Waals surface area contributed by atoms with E-state index in [1.807, 2.05) is 44.4 Å². The van der Waals surface area contributed by atoms with Crippen molar-refractivity contribution in [1.82, 2.24) is 25.3 Å². The maximum Gasteiger partial charge on any atom is 0.191 e. The van der Waals surface area contributed by atoms with Crippen LogP contribution in [-0.2, 0) is 19.2 Å². The summed E-state index contributed by atoms with van der Waals surface area (Å²) in [4.78, 5) is 6.98. The van der Waals surface area contributed by atoms with Gasteiger partial charge in [-0.3, -0.25) is 4.68 Å². The Morgan fingerprint density at radius 3 is 2.44 bits per heavy atom. The standard InChI is InChI=1S/C23H38N6O2.HI/c1-6-24-22(26-18-23(4,30)20-16-27-28(5)17-20)25-15-19-9-11-21(12-10-19)31-14-13-29(7-2)8-3;/h9-12,16-17,30H,6-8,13-15,18H2,1-5H3,(H2,24,25,26);1H. The minimum atomic E-state index is -1.05. The number of hydrogen-bond donors (Lipinski definition) is 3. The highest BCUT2D eigenvalue weighted by Crippen LogP contribution is 2.18. The maximum atomic E-state index is 10.8. The molecule has 1 aromatic carbocycles. The van der Waals surface area contributed by atoms with Gasteiger partial charge in [0.15, 0.2) is 5.96 Å². The number of halogens is 1. The lowest BCUT2D eigenvalue weighted by molar-refractivity contribution is 0.0616. The van der Waals surface area contributed by atoms with Gasteiger partial charge in [-0.1, -0.05) is 26.0 Å². The number of hydrogen-bond acceptors (Lipinski definition) is 5. The molecule has 0 bridgehead atoms. The average molecular weight is 559 g/mol. The lowest BCUT2D eigenvalue weighted by Crippen LogP contribution is -2.44. The molecule has 0 aliphatic rings. The third-order valence-corrected chi connectivity index (χ3v) is 5.18. The molecule has 0 saturated carbocycles. The minimum Gasteiger partial charge on any atom is -0.492 e. The van der Waals surface area contributed by atoms with E-state index in [0.717, 1.165) is 43.1 Å². The van der Waals surface area contributed by atoms with Crippen LogP contribution in [0.15, 0.2) is 41.7 Å². The van der Waals surface area contributed by atoms with Gasteiger partial charge >= 0.3 is 0 Å². The van der Waals surface area contributed by atoms with Gasteiger partial charge in [0.1, 0.15) is 18.0 Å². The molecule has 0 aliphatic heterocycles. The Hall–Kier alpha value is -1.85. The molecule has 9 heteroatoms. The number of aliphatic imine (C=N–C) groups is 1. The molecule has 0 amide bonds. The predicted molar refractivity (Wildman–Crippen MR) is 141 cm³/mol. The van der Waals surface area contributed by atoms with Gasteiger partial charge in [0.2, 0.25) is 0 Å². The molecule has 0 spiro atoms. The van der Waals surface area contributed by atoms with Crippen molar-refractivity contribution in [3.63, 3.8) is 0 Å². The highest BCUT2D eigenvalue weighted by Gasteiger charge is 2.24. The van der Waals surface area contributed by atoms with Gasteiger partial charge in [-0.2, -0.15) is 5.10 Å². The Labute approximate surface area is 209 Å². The number of aliphatic hydroxyl groups is 1. The van der Waals surface area contributed by atoms with Gasteiger partial charge in [0, 0.05) is 31.9 Å². The van der Waals surface area contributed by atoms with E-state index in [1.165, 1.54) is 0 Å². The summed E-state index contributed by atoms with van der Waals surface area (Å²) in [5.41, 5.74) is 0.802. The molecule has 32 heavy (non-hydrogen) atoms. The van der Waals surface area contributed by atoms with Crippen LogP contribution >= 0.6 is 24.0 Å². The van der Waals surface area contributed by atoms with Crippen LogP contribution in [0.4, 0.5) is 0 Å². The zero-order chi connectivity index (χ0) is 22.7. The van der Waals surface area contributed by atoms with Crippen LogP contribution in [-0.4, -0.2) is 65.1 Å². The SMILES string of the molecule is CCNC(=NCc1ccc(OCCN(CC)CC)cc1)NCC(C)(O)c1cnn(C)c1.I. The van der Waals surface area contributed by atoms with Crippen molar-refractivity contribution in [3.05, 3.63) is 47.8 Å². The van der Waals surface area contributed by atoms with Gasteiger partial charge in [-0.15, -0.1) is 24.0 Å². The summed E-state index contributed by atoms with van der Waals surface area (Å²) in [5.74, 6) is 1.53. The Kier molecular flexibility index (Phi) is 12.6. The molecule has 1 unspecified atom stereocenters. The number of rotatable bonds is 12. The van der Waals surface area contributed by atoms with Crippen LogP contribution in [0, 0.1) is 0 Å². The Morgan fingerprint density at radius 2 is 1.88 bits per heavy atom. The predicted octanol–water partition coefficient (Wildman–Crippen LogP) is 2.72. The zero-order valence-electron chi connectivity index (χ0n) is 20.0. The molecule has 0 radical (unpaired) electrons. The first-order valence-electron chi connectivity index (χ1n) is 11.1. The maximum absolute atomic E-state index is 10.8. The number of benzene rings is 1. The molecule has 3 N–H and O–H groups in total. The molecule has 8 nitrogen and oxygen atoms in total. The summed E-state index contributed by atoms with van der Waals surface area (Å²) >= 11 is 0. The van der Waals surface area contributed by atoms with E-state index in [9.17, 15) is 5.11 Å². The van der Waals surface area contributed by atoms with Crippen LogP contribution in [0.1, 0.15) is 38.8 Å². The second kappa shape index (κ2) is 14.3. The van der Waals surface area contributed by atoms with E-state index in [2.05, 4.69) is 39.5 Å². The first-order valence-corrected chi connectivity index (χ1v) is 11.1. The minimum absolute atomic E-state index is 0. The van der Waals surface area contributed by atoms with Crippen molar-refractivity contribution in [1.29, 1.82) is 0 Å². The summed E-state index contributed by atoms with van der Waals surface area (Å²) in [6.07, 6.45) is 3.49. The molecule has 2 aromatic rings. The molecule has 2 rings (SSSR count). The van der Waals surface area contributed by atoms with Crippen molar-refractivity contribution in [3.8, 4) is 5.75 Å². The fraction of sp³-hybridized carbons (Fsp3) is 0.565. The number of nitrogens with one attached hydrogen (secondary N) is 2. The van der Waals surface area contributed by atoms with Gasteiger partial charge in [-0.05, 0) is 44.6 Å². The monoisotopic (exact) mass is 558 g/mol. The molecule has 1 aromatic heterocycles. The van der Waals surface area contributed by atoms with Gasteiger partial charge in [-0.25, -0.2) is 4.99 Å². The van der Waals surface area contributed by atoms with Crippen LogP contribution in [0.3, 0.4) is 0 Å². The number of nitrogens with zero attached hydrogens (tertiary/aromatic N) is 4. The second-order valence-corrected chi connectivity index (χ2v) is 7.74. The second-order valence-electron chi connectivity index (χ2n) is 7.74. The number of likely N-dealkylation sites (N-methyl/N-ethyl adjacent to an activating group) is 1. The summed E-state index contributed by atoms with van der Waals surface area (Å²) in [6.45, 7) is 13.4. The van der Waals surface area contributed by atoms with Crippen molar-refractivity contribution in [2.75, 3.05) is 39.3 Å². The van der Waals surface area contributed by atoms with E-state index < -0.39 is 5.60 Å². The molecule has 0 saturated heterocycles. The number of guanidine groups is 1. The fourth-order valence-corrected chi connectivity index (χ4v) is 3.09. The fourth-order valence-electron chi connectivity index (χ4n) is 3.09. The van der Waals surface area contributed by atoms with Crippen LogP contribution < -0.4 is 15.4 Å². The topological polar surface area (TPSA) is 86.9 Å². The molecular weight excluding hydrogens is 519 g/mol. The summed E-state index contributed by atoms with van der Waals surface area (Å²) in [6, 6.07) is 8.04. The highest BCUT2D eigenvalue weighted by molar-refractivity contribution is 14.0. The van der Waals surface area contributed by atoms with Crippen LogP contribution in [0.25, 0.3) is 0 Å². The smallest absolute Gasteiger partial charge is 0.191 e. The van der Waals surface area contributed by atoms with E-state index in [4.69, 9.17) is 4.74 Å². The first kappa shape index (κ1) is 28.2. The van der Waals surface area contributed by atoms with Gasteiger partial charge < -0.3 is 25.4 Å². The van der Waals surface area contributed by atoms with Crippen molar-refractivity contribution in [2.45, 2.75) is 39.8 Å². The number of ether oxygens (including phenoxy) is 1. The molecule has 0 fully saturated rings. The Morgan fingerprint density at radius 1 is 1.19 bits per heavy atom. The molecule has 180 valence electrons.